The molecule has 0 radical (unpaired) electrons. The summed E-state index contributed by atoms with van der Waals surface area (Å²) in [6.45, 7) is 5.05. The van der Waals surface area contributed by atoms with Gasteiger partial charge in [-0.05, 0) is 37.7 Å². The molecule has 1 aliphatic heterocycles. The van der Waals surface area contributed by atoms with E-state index in [1.807, 2.05) is 26.0 Å². The number of imidazole rings is 1. The van der Waals surface area contributed by atoms with Crippen LogP contribution in [-0.4, -0.2) is 36.8 Å². The minimum atomic E-state index is -0.646. The predicted molar refractivity (Wildman–Crippen MR) is 100 cm³/mol. The van der Waals surface area contributed by atoms with E-state index in [0.29, 0.717) is 24.5 Å². The molecule has 0 aliphatic carbocycles. The number of hydrogen-bond acceptors (Lipinski definition) is 7. The first kappa shape index (κ1) is 16.5. The van der Waals surface area contributed by atoms with Gasteiger partial charge in [0, 0.05) is 29.9 Å². The number of nitrogens with one attached hydrogen (secondary N) is 3. The van der Waals surface area contributed by atoms with E-state index in [0.717, 1.165) is 43.8 Å². The maximum absolute atomic E-state index is 10.6. The summed E-state index contributed by atoms with van der Waals surface area (Å²) in [6, 6.07) is 3.83. The summed E-state index contributed by atoms with van der Waals surface area (Å²) >= 11 is 1.44. The fraction of sp³-hybridized carbons (Fsp3) is 0.278. The van der Waals surface area contributed by atoms with Crippen LogP contribution >= 0.6 is 11.8 Å². The molecule has 27 heavy (non-hydrogen) atoms. The molecule has 1 unspecified atom stereocenters. The number of aliphatic hydroxyl groups is 1. The number of H-pyrrole nitrogens is 2. The van der Waals surface area contributed by atoms with Gasteiger partial charge in [-0.1, -0.05) is 0 Å². The Labute approximate surface area is 158 Å². The molecule has 8 nitrogen and oxygen atoms in total. The monoisotopic (exact) mass is 382 g/mol. The van der Waals surface area contributed by atoms with Crippen LogP contribution in [0.2, 0.25) is 0 Å². The molecule has 5 rings (SSSR count). The second-order valence-electron chi connectivity index (χ2n) is 6.60. The molecule has 0 amide bonds. The van der Waals surface area contributed by atoms with Crippen LogP contribution in [0, 0.1) is 13.8 Å². The standard InChI is InChI=1S/C18H18N6O2S/c1-8-9(2)22-18(21-8)27-14-4-3-13(26-14)15-10-5-20-24-17(10)23-11-6-19-7-12(25)16(11)15/h3-5,12,19,25H,6-7H2,1-2H3,(H,21,22)(H,20,23,24). The van der Waals surface area contributed by atoms with Gasteiger partial charge in [-0.3, -0.25) is 5.10 Å². The molecule has 0 spiro atoms. The molecule has 1 aliphatic rings. The molecule has 1 atom stereocenters. The lowest BCUT2D eigenvalue weighted by molar-refractivity contribution is 0.164. The van der Waals surface area contributed by atoms with Crippen LogP contribution in [0.15, 0.2) is 33.0 Å². The van der Waals surface area contributed by atoms with Crippen LogP contribution in [0.25, 0.3) is 22.4 Å². The summed E-state index contributed by atoms with van der Waals surface area (Å²) in [5.74, 6) is 0.684. The lowest BCUT2D eigenvalue weighted by atomic mass is 9.94. The number of aryl methyl sites for hydroxylation is 2. The van der Waals surface area contributed by atoms with Gasteiger partial charge in [-0.25, -0.2) is 9.97 Å². The van der Waals surface area contributed by atoms with E-state index in [-0.39, 0.29) is 0 Å². The Balaban J connectivity index is 1.60. The number of hydrogen-bond donors (Lipinski definition) is 4. The third kappa shape index (κ3) is 2.75. The SMILES string of the molecule is Cc1nc(Sc2ccc(-c3c4c(nc5[nH]ncc35)CNCC4O)o2)[nH]c1C. The van der Waals surface area contributed by atoms with E-state index in [1.54, 1.807) is 6.20 Å². The summed E-state index contributed by atoms with van der Waals surface area (Å²) in [4.78, 5) is 12.3. The number of furan rings is 1. The molecule has 9 heteroatoms. The number of β-amino-alcohol motifs (C(OH)–C–C–N with tert-alkyl or cyclic N) is 1. The highest BCUT2D eigenvalue weighted by Gasteiger charge is 2.27. The van der Waals surface area contributed by atoms with Gasteiger partial charge in [-0.2, -0.15) is 5.10 Å². The molecule has 4 N–H and O–H groups in total. The van der Waals surface area contributed by atoms with E-state index in [9.17, 15) is 5.11 Å². The van der Waals surface area contributed by atoms with Crippen LogP contribution in [0.1, 0.15) is 28.7 Å². The number of rotatable bonds is 3. The van der Waals surface area contributed by atoms with Gasteiger partial charge in [0.1, 0.15) is 5.76 Å². The Kier molecular flexibility index (Phi) is 3.81. The van der Waals surface area contributed by atoms with Crippen molar-refractivity contribution in [2.75, 3.05) is 6.54 Å². The van der Waals surface area contributed by atoms with E-state index in [4.69, 9.17) is 4.42 Å². The number of fused-ring (bicyclic) bond motifs is 2. The second kappa shape index (κ2) is 6.22. The first-order valence-electron chi connectivity index (χ1n) is 8.66. The van der Waals surface area contributed by atoms with Gasteiger partial charge in [0.15, 0.2) is 15.9 Å². The zero-order valence-electron chi connectivity index (χ0n) is 14.8. The molecule has 4 aromatic heterocycles. The number of nitrogens with zero attached hydrogens (tertiary/aromatic N) is 3. The lowest BCUT2D eigenvalue weighted by Gasteiger charge is -2.24. The van der Waals surface area contributed by atoms with Crippen molar-refractivity contribution in [2.45, 2.75) is 36.7 Å². The van der Waals surface area contributed by atoms with Gasteiger partial charge in [0.2, 0.25) is 0 Å². The molecule has 138 valence electrons. The topological polar surface area (TPSA) is 116 Å². The molecular formula is C18H18N6O2S. The molecule has 0 saturated carbocycles. The summed E-state index contributed by atoms with van der Waals surface area (Å²) in [7, 11) is 0. The molecule has 5 heterocycles. The normalized spacial score (nSPS) is 16.8. The highest BCUT2D eigenvalue weighted by Crippen LogP contribution is 2.40. The largest absolute Gasteiger partial charge is 0.449 e. The number of pyridine rings is 1. The fourth-order valence-corrected chi connectivity index (χ4v) is 4.23. The summed E-state index contributed by atoms with van der Waals surface area (Å²) < 4.78 is 6.12. The number of aromatic nitrogens is 5. The number of aliphatic hydroxyl groups excluding tert-OH is 1. The Bertz CT molecular complexity index is 1120. The maximum atomic E-state index is 10.6. The third-order valence-electron chi connectivity index (χ3n) is 4.81. The molecular weight excluding hydrogens is 364 g/mol. The van der Waals surface area contributed by atoms with Crippen LogP contribution in [0.3, 0.4) is 0 Å². The lowest BCUT2D eigenvalue weighted by Crippen LogP contribution is -2.29. The minimum absolute atomic E-state index is 0.484. The fourth-order valence-electron chi connectivity index (χ4n) is 3.39. The van der Waals surface area contributed by atoms with Crippen LogP contribution in [0.5, 0.6) is 0 Å². The third-order valence-corrected chi connectivity index (χ3v) is 5.62. The predicted octanol–water partition coefficient (Wildman–Crippen LogP) is 2.85. The zero-order chi connectivity index (χ0) is 18.5. The highest BCUT2D eigenvalue weighted by atomic mass is 32.2. The smallest absolute Gasteiger partial charge is 0.173 e. The number of aromatic amines is 2. The van der Waals surface area contributed by atoms with Crippen molar-refractivity contribution in [1.29, 1.82) is 0 Å². The van der Waals surface area contributed by atoms with Crippen LogP contribution < -0.4 is 5.32 Å². The van der Waals surface area contributed by atoms with Crippen molar-refractivity contribution in [3.8, 4) is 11.3 Å². The second-order valence-corrected chi connectivity index (χ2v) is 7.59. The summed E-state index contributed by atoms with van der Waals surface area (Å²) in [5.41, 5.74) is 5.16. The van der Waals surface area contributed by atoms with Gasteiger partial charge in [0.05, 0.1) is 29.1 Å². The molecule has 0 aromatic carbocycles. The first-order chi connectivity index (χ1) is 13.1. The maximum Gasteiger partial charge on any atom is 0.173 e. The van der Waals surface area contributed by atoms with Gasteiger partial charge in [0.25, 0.3) is 0 Å². The Hall–Kier alpha value is -2.62. The van der Waals surface area contributed by atoms with Gasteiger partial charge >= 0.3 is 0 Å². The molecule has 0 fully saturated rings. The van der Waals surface area contributed by atoms with Gasteiger partial charge < -0.3 is 19.8 Å². The van der Waals surface area contributed by atoms with E-state index in [2.05, 4.69) is 30.5 Å². The van der Waals surface area contributed by atoms with Crippen molar-refractivity contribution in [3.05, 3.63) is 41.0 Å². The quantitative estimate of drug-likeness (QED) is 0.430. The van der Waals surface area contributed by atoms with Crippen molar-refractivity contribution < 1.29 is 9.52 Å². The van der Waals surface area contributed by atoms with Crippen molar-refractivity contribution in [1.82, 2.24) is 30.5 Å². The van der Waals surface area contributed by atoms with Crippen LogP contribution in [0.4, 0.5) is 0 Å². The van der Waals surface area contributed by atoms with Crippen LogP contribution in [-0.2, 0) is 6.54 Å². The Morgan fingerprint density at radius 2 is 2.15 bits per heavy atom. The van der Waals surface area contributed by atoms with Crippen molar-refractivity contribution in [2.24, 2.45) is 0 Å². The van der Waals surface area contributed by atoms with E-state index >= 15 is 0 Å². The molecule has 0 bridgehead atoms. The van der Waals surface area contributed by atoms with Crippen molar-refractivity contribution >= 4 is 22.8 Å². The average Bonchev–Trinajstić information content (AvgIpc) is 3.35. The van der Waals surface area contributed by atoms with Gasteiger partial charge in [-0.15, -0.1) is 0 Å². The minimum Gasteiger partial charge on any atom is -0.449 e. The summed E-state index contributed by atoms with van der Waals surface area (Å²) in [6.07, 6.45) is 1.08. The molecule has 0 saturated heterocycles. The first-order valence-corrected chi connectivity index (χ1v) is 9.47. The van der Waals surface area contributed by atoms with E-state index < -0.39 is 6.10 Å². The highest BCUT2D eigenvalue weighted by molar-refractivity contribution is 7.99. The Morgan fingerprint density at radius 3 is 2.96 bits per heavy atom. The van der Waals surface area contributed by atoms with E-state index in [1.165, 1.54) is 11.8 Å². The average molecular weight is 382 g/mol. The zero-order valence-corrected chi connectivity index (χ0v) is 15.6. The van der Waals surface area contributed by atoms with Crippen molar-refractivity contribution in [3.63, 3.8) is 0 Å². The Morgan fingerprint density at radius 1 is 1.26 bits per heavy atom. The molecule has 4 aromatic rings. The summed E-state index contributed by atoms with van der Waals surface area (Å²) in [5, 5.41) is 23.2.